The summed E-state index contributed by atoms with van der Waals surface area (Å²) in [6.07, 6.45) is 0. The van der Waals surface area contributed by atoms with E-state index in [4.69, 9.17) is 9.47 Å². The minimum absolute atomic E-state index is 0.255. The van der Waals surface area contributed by atoms with Crippen molar-refractivity contribution in [1.29, 1.82) is 0 Å². The Morgan fingerprint density at radius 2 is 1.96 bits per heavy atom. The van der Waals surface area contributed by atoms with Gasteiger partial charge in [0.05, 0.1) is 26.3 Å². The van der Waals surface area contributed by atoms with Crippen molar-refractivity contribution in [2.24, 2.45) is 0 Å². The van der Waals surface area contributed by atoms with E-state index in [-0.39, 0.29) is 11.7 Å². The Morgan fingerprint density at radius 3 is 2.71 bits per heavy atom. The SMILES string of the molecule is COc1ccc(OC)c(C(=O)NCc2cc3cc(F)ccc3s2)c1. The van der Waals surface area contributed by atoms with Crippen molar-refractivity contribution in [2.45, 2.75) is 6.54 Å². The van der Waals surface area contributed by atoms with E-state index in [0.717, 1.165) is 15.0 Å². The van der Waals surface area contributed by atoms with Crippen molar-refractivity contribution in [1.82, 2.24) is 5.32 Å². The fourth-order valence-corrected chi connectivity index (χ4v) is 3.39. The maximum Gasteiger partial charge on any atom is 0.255 e. The van der Waals surface area contributed by atoms with Crippen LogP contribution in [0.5, 0.6) is 11.5 Å². The molecular formula is C18H16FNO3S. The van der Waals surface area contributed by atoms with E-state index in [1.165, 1.54) is 30.6 Å². The van der Waals surface area contributed by atoms with Crippen LogP contribution in [-0.2, 0) is 6.54 Å². The van der Waals surface area contributed by atoms with E-state index in [0.29, 0.717) is 23.6 Å². The molecular weight excluding hydrogens is 329 g/mol. The second kappa shape index (κ2) is 6.88. The summed E-state index contributed by atoms with van der Waals surface area (Å²) in [4.78, 5) is 13.4. The average Bonchev–Trinajstić information content (AvgIpc) is 3.01. The number of rotatable bonds is 5. The van der Waals surface area contributed by atoms with Crippen LogP contribution < -0.4 is 14.8 Å². The predicted molar refractivity (Wildman–Crippen MR) is 92.5 cm³/mol. The van der Waals surface area contributed by atoms with Gasteiger partial charge in [-0.25, -0.2) is 4.39 Å². The van der Waals surface area contributed by atoms with Crippen LogP contribution >= 0.6 is 11.3 Å². The summed E-state index contributed by atoms with van der Waals surface area (Å²) >= 11 is 1.52. The van der Waals surface area contributed by atoms with Gasteiger partial charge in [-0.15, -0.1) is 11.3 Å². The molecule has 0 fully saturated rings. The van der Waals surface area contributed by atoms with Gasteiger partial charge in [-0.1, -0.05) is 0 Å². The van der Waals surface area contributed by atoms with Crippen LogP contribution in [0.4, 0.5) is 4.39 Å². The first-order valence-corrected chi connectivity index (χ1v) is 8.10. The fourth-order valence-electron chi connectivity index (χ4n) is 2.41. The van der Waals surface area contributed by atoms with Crippen LogP contribution in [-0.4, -0.2) is 20.1 Å². The molecule has 0 unspecified atom stereocenters. The van der Waals surface area contributed by atoms with Crippen molar-refractivity contribution in [2.75, 3.05) is 14.2 Å². The molecule has 0 bridgehead atoms. The number of hydrogen-bond donors (Lipinski definition) is 1. The monoisotopic (exact) mass is 345 g/mol. The Morgan fingerprint density at radius 1 is 1.12 bits per heavy atom. The molecule has 0 aliphatic rings. The van der Waals surface area contributed by atoms with Crippen molar-refractivity contribution >= 4 is 27.3 Å². The maximum absolute atomic E-state index is 13.2. The third-order valence-corrected chi connectivity index (χ3v) is 4.72. The van der Waals surface area contributed by atoms with Gasteiger partial charge < -0.3 is 14.8 Å². The van der Waals surface area contributed by atoms with Gasteiger partial charge in [0.2, 0.25) is 0 Å². The lowest BCUT2D eigenvalue weighted by atomic mass is 10.1. The lowest BCUT2D eigenvalue weighted by Gasteiger charge is -2.10. The third kappa shape index (κ3) is 3.33. The molecule has 3 rings (SSSR count). The highest BCUT2D eigenvalue weighted by Gasteiger charge is 2.14. The number of ether oxygens (including phenoxy) is 2. The van der Waals surface area contributed by atoms with Crippen LogP contribution in [0.3, 0.4) is 0 Å². The Labute approximate surface area is 142 Å². The molecule has 1 aromatic heterocycles. The molecule has 124 valence electrons. The number of carbonyl (C=O) groups is 1. The molecule has 0 radical (unpaired) electrons. The van der Waals surface area contributed by atoms with E-state index in [1.54, 1.807) is 31.4 Å². The first-order chi connectivity index (χ1) is 11.6. The molecule has 1 N–H and O–H groups in total. The minimum Gasteiger partial charge on any atom is -0.497 e. The first-order valence-electron chi connectivity index (χ1n) is 7.29. The zero-order valence-electron chi connectivity index (χ0n) is 13.3. The quantitative estimate of drug-likeness (QED) is 0.761. The second-order valence-corrected chi connectivity index (χ2v) is 6.31. The molecule has 1 amide bonds. The highest BCUT2D eigenvalue weighted by atomic mass is 32.1. The number of methoxy groups -OCH3 is 2. The van der Waals surface area contributed by atoms with Gasteiger partial charge in [-0.05, 0) is 47.9 Å². The standard InChI is InChI=1S/C18H16FNO3S/c1-22-13-4-5-16(23-2)15(9-13)18(21)20-10-14-8-11-7-12(19)3-6-17(11)24-14/h3-9H,10H2,1-2H3,(H,20,21). The fraction of sp³-hybridized carbons (Fsp3) is 0.167. The predicted octanol–water partition coefficient (Wildman–Crippen LogP) is 3.99. The van der Waals surface area contributed by atoms with Crippen LogP contribution in [0.25, 0.3) is 10.1 Å². The van der Waals surface area contributed by atoms with Gasteiger partial charge in [0.15, 0.2) is 0 Å². The number of carbonyl (C=O) groups excluding carboxylic acids is 1. The Hall–Kier alpha value is -2.60. The van der Waals surface area contributed by atoms with Crippen LogP contribution in [0.1, 0.15) is 15.2 Å². The van der Waals surface area contributed by atoms with Gasteiger partial charge in [0.25, 0.3) is 5.91 Å². The van der Waals surface area contributed by atoms with E-state index >= 15 is 0 Å². The Kier molecular flexibility index (Phi) is 4.66. The van der Waals surface area contributed by atoms with Gasteiger partial charge in [0.1, 0.15) is 17.3 Å². The van der Waals surface area contributed by atoms with Crippen molar-refractivity contribution in [3.05, 3.63) is 58.7 Å². The molecule has 0 atom stereocenters. The molecule has 0 spiro atoms. The molecule has 2 aromatic carbocycles. The number of nitrogens with one attached hydrogen (secondary N) is 1. The number of benzene rings is 2. The molecule has 0 saturated carbocycles. The Balaban J connectivity index is 1.77. The van der Waals surface area contributed by atoms with Crippen LogP contribution in [0, 0.1) is 5.82 Å². The summed E-state index contributed by atoms with van der Waals surface area (Å²) in [5.74, 6) is 0.538. The number of fused-ring (bicyclic) bond motifs is 1. The minimum atomic E-state index is -0.267. The molecule has 3 aromatic rings. The smallest absolute Gasteiger partial charge is 0.255 e. The number of hydrogen-bond acceptors (Lipinski definition) is 4. The maximum atomic E-state index is 13.2. The summed E-state index contributed by atoms with van der Waals surface area (Å²) in [7, 11) is 3.05. The highest BCUT2D eigenvalue weighted by Crippen LogP contribution is 2.27. The van der Waals surface area contributed by atoms with E-state index in [1.807, 2.05) is 6.07 Å². The van der Waals surface area contributed by atoms with E-state index in [2.05, 4.69) is 5.32 Å². The lowest BCUT2D eigenvalue weighted by Crippen LogP contribution is -2.22. The first kappa shape index (κ1) is 16.3. The molecule has 4 nitrogen and oxygen atoms in total. The zero-order valence-corrected chi connectivity index (χ0v) is 14.1. The van der Waals surface area contributed by atoms with Gasteiger partial charge in [-0.2, -0.15) is 0 Å². The van der Waals surface area contributed by atoms with E-state index in [9.17, 15) is 9.18 Å². The highest BCUT2D eigenvalue weighted by molar-refractivity contribution is 7.19. The summed E-state index contributed by atoms with van der Waals surface area (Å²) < 4.78 is 24.6. The molecule has 1 heterocycles. The molecule has 0 saturated heterocycles. The largest absolute Gasteiger partial charge is 0.497 e. The zero-order chi connectivity index (χ0) is 17.1. The van der Waals surface area contributed by atoms with Gasteiger partial charge in [0, 0.05) is 9.58 Å². The van der Waals surface area contributed by atoms with Crippen LogP contribution in [0.15, 0.2) is 42.5 Å². The lowest BCUT2D eigenvalue weighted by molar-refractivity contribution is 0.0948. The molecule has 0 aliphatic heterocycles. The number of amides is 1. The molecule has 6 heteroatoms. The van der Waals surface area contributed by atoms with Crippen molar-refractivity contribution < 1.29 is 18.7 Å². The number of thiophene rings is 1. The van der Waals surface area contributed by atoms with Crippen molar-refractivity contribution in [3.8, 4) is 11.5 Å². The Bertz CT molecular complexity index is 891. The van der Waals surface area contributed by atoms with Gasteiger partial charge >= 0.3 is 0 Å². The average molecular weight is 345 g/mol. The summed E-state index contributed by atoms with van der Waals surface area (Å²) in [5, 5.41) is 3.70. The third-order valence-electron chi connectivity index (χ3n) is 3.60. The summed E-state index contributed by atoms with van der Waals surface area (Å²) in [5.41, 5.74) is 0.406. The second-order valence-electron chi connectivity index (χ2n) is 5.14. The van der Waals surface area contributed by atoms with E-state index < -0.39 is 0 Å². The summed E-state index contributed by atoms with van der Waals surface area (Å²) in [6, 6.07) is 11.6. The van der Waals surface area contributed by atoms with Crippen LogP contribution in [0.2, 0.25) is 0 Å². The normalized spacial score (nSPS) is 10.6. The number of halogens is 1. The van der Waals surface area contributed by atoms with Gasteiger partial charge in [-0.3, -0.25) is 4.79 Å². The summed E-state index contributed by atoms with van der Waals surface area (Å²) in [6.45, 7) is 0.361. The molecule has 0 aliphatic carbocycles. The van der Waals surface area contributed by atoms with Crippen molar-refractivity contribution in [3.63, 3.8) is 0 Å². The topological polar surface area (TPSA) is 47.6 Å². The molecule has 24 heavy (non-hydrogen) atoms.